The van der Waals surface area contributed by atoms with Gasteiger partial charge in [-0.3, -0.25) is 4.79 Å². The van der Waals surface area contributed by atoms with E-state index in [9.17, 15) is 4.79 Å². The second-order valence-electron chi connectivity index (χ2n) is 5.08. The molecule has 0 radical (unpaired) electrons. The highest BCUT2D eigenvalue weighted by Crippen LogP contribution is 2.34. The van der Waals surface area contributed by atoms with E-state index in [4.69, 9.17) is 40.5 Å². The SMILES string of the molecule is CC(C)(C)[C@H](N)C(=O)Nc1c(Cl)cc(Cl)cc1Cl. The molecule has 0 saturated carbocycles. The fraction of sp³-hybridized carbons (Fsp3) is 0.417. The second kappa shape index (κ2) is 5.66. The molecule has 0 heterocycles. The van der Waals surface area contributed by atoms with E-state index in [2.05, 4.69) is 5.32 Å². The average Bonchev–Trinajstić information content (AvgIpc) is 2.20. The lowest BCUT2D eigenvalue weighted by Crippen LogP contribution is -2.45. The summed E-state index contributed by atoms with van der Waals surface area (Å²) in [5, 5.41) is 3.59. The average molecular weight is 310 g/mol. The summed E-state index contributed by atoms with van der Waals surface area (Å²) in [6, 6.07) is 2.35. The predicted molar refractivity (Wildman–Crippen MR) is 77.5 cm³/mol. The Balaban J connectivity index is 2.96. The van der Waals surface area contributed by atoms with Crippen LogP contribution in [0.3, 0.4) is 0 Å². The standard InChI is InChI=1S/C12H15Cl3N2O/c1-12(2,3)10(16)11(18)17-9-7(14)4-6(13)5-8(9)15/h4-5,10H,16H2,1-3H3,(H,17,18)/t10-/m1/s1. The van der Waals surface area contributed by atoms with Crippen molar-refractivity contribution in [2.75, 3.05) is 5.32 Å². The molecule has 1 aromatic carbocycles. The minimum Gasteiger partial charge on any atom is -0.322 e. The van der Waals surface area contributed by atoms with Crippen LogP contribution in [0.25, 0.3) is 0 Å². The van der Waals surface area contributed by atoms with Gasteiger partial charge in [0.1, 0.15) is 0 Å². The van der Waals surface area contributed by atoms with Gasteiger partial charge in [-0.1, -0.05) is 55.6 Å². The molecule has 6 heteroatoms. The molecule has 0 aliphatic heterocycles. The van der Waals surface area contributed by atoms with Crippen LogP contribution in [0.5, 0.6) is 0 Å². The van der Waals surface area contributed by atoms with Crippen molar-refractivity contribution in [3.63, 3.8) is 0 Å². The molecule has 0 spiro atoms. The molecule has 1 rings (SSSR count). The van der Waals surface area contributed by atoms with E-state index in [1.807, 2.05) is 20.8 Å². The summed E-state index contributed by atoms with van der Waals surface area (Å²) < 4.78 is 0. The van der Waals surface area contributed by atoms with Gasteiger partial charge < -0.3 is 11.1 Å². The monoisotopic (exact) mass is 308 g/mol. The minimum absolute atomic E-state index is 0.280. The van der Waals surface area contributed by atoms with Gasteiger partial charge in [-0.15, -0.1) is 0 Å². The number of carbonyl (C=O) groups is 1. The normalized spacial score (nSPS) is 13.3. The third-order valence-corrected chi connectivity index (χ3v) is 3.28. The third-order valence-electron chi connectivity index (χ3n) is 2.47. The fourth-order valence-corrected chi connectivity index (χ4v) is 2.17. The van der Waals surface area contributed by atoms with E-state index in [1.165, 1.54) is 12.1 Å². The summed E-state index contributed by atoms with van der Waals surface area (Å²) in [6.45, 7) is 5.63. The van der Waals surface area contributed by atoms with Crippen molar-refractivity contribution in [1.82, 2.24) is 0 Å². The number of anilines is 1. The van der Waals surface area contributed by atoms with E-state index in [0.29, 0.717) is 10.7 Å². The zero-order chi connectivity index (χ0) is 14.1. The Morgan fingerprint density at radius 3 is 2.06 bits per heavy atom. The van der Waals surface area contributed by atoms with Crippen LogP contribution < -0.4 is 11.1 Å². The first-order valence-corrected chi connectivity index (χ1v) is 6.47. The van der Waals surface area contributed by atoms with Gasteiger partial charge in [0.2, 0.25) is 5.91 Å². The number of halogens is 3. The predicted octanol–water partition coefficient (Wildman–Crippen LogP) is 3.96. The Morgan fingerprint density at radius 2 is 1.67 bits per heavy atom. The van der Waals surface area contributed by atoms with Gasteiger partial charge in [-0.25, -0.2) is 0 Å². The molecule has 1 aromatic rings. The Labute approximate surface area is 122 Å². The van der Waals surface area contributed by atoms with E-state index in [0.717, 1.165) is 0 Å². The number of nitrogens with two attached hydrogens (primary N) is 1. The van der Waals surface area contributed by atoms with Gasteiger partial charge in [0.05, 0.1) is 21.8 Å². The maximum atomic E-state index is 12.0. The molecule has 0 aromatic heterocycles. The lowest BCUT2D eigenvalue weighted by Gasteiger charge is -2.26. The largest absolute Gasteiger partial charge is 0.322 e. The van der Waals surface area contributed by atoms with Crippen molar-refractivity contribution in [2.24, 2.45) is 11.1 Å². The molecular formula is C12H15Cl3N2O. The van der Waals surface area contributed by atoms with Crippen LogP contribution in [0.15, 0.2) is 12.1 Å². The van der Waals surface area contributed by atoms with Crippen LogP contribution in [0.4, 0.5) is 5.69 Å². The number of rotatable bonds is 2. The highest BCUT2D eigenvalue weighted by molar-refractivity contribution is 6.42. The van der Waals surface area contributed by atoms with E-state index >= 15 is 0 Å². The van der Waals surface area contributed by atoms with Crippen LogP contribution >= 0.6 is 34.8 Å². The molecule has 0 aliphatic carbocycles. The Kier molecular flexibility index (Phi) is 4.90. The summed E-state index contributed by atoms with van der Waals surface area (Å²) in [6.07, 6.45) is 0. The molecule has 100 valence electrons. The molecule has 0 fully saturated rings. The summed E-state index contributed by atoms with van der Waals surface area (Å²) in [4.78, 5) is 12.0. The molecule has 1 amide bonds. The van der Waals surface area contributed by atoms with E-state index in [1.54, 1.807) is 0 Å². The highest BCUT2D eigenvalue weighted by atomic mass is 35.5. The first-order valence-electron chi connectivity index (χ1n) is 5.34. The van der Waals surface area contributed by atoms with Crippen molar-refractivity contribution in [1.29, 1.82) is 0 Å². The van der Waals surface area contributed by atoms with Gasteiger partial charge in [0, 0.05) is 5.02 Å². The van der Waals surface area contributed by atoms with Crippen molar-refractivity contribution >= 4 is 46.4 Å². The quantitative estimate of drug-likeness (QED) is 0.869. The Bertz CT molecular complexity index is 446. The number of hydrogen-bond acceptors (Lipinski definition) is 2. The van der Waals surface area contributed by atoms with Crippen molar-refractivity contribution in [3.05, 3.63) is 27.2 Å². The van der Waals surface area contributed by atoms with E-state index in [-0.39, 0.29) is 21.4 Å². The summed E-state index contributed by atoms with van der Waals surface area (Å²) >= 11 is 17.7. The van der Waals surface area contributed by atoms with Crippen LogP contribution in [0.1, 0.15) is 20.8 Å². The minimum atomic E-state index is -0.666. The molecule has 3 N–H and O–H groups in total. The topological polar surface area (TPSA) is 55.1 Å². The van der Waals surface area contributed by atoms with Gasteiger partial charge in [0.15, 0.2) is 0 Å². The molecular weight excluding hydrogens is 295 g/mol. The van der Waals surface area contributed by atoms with Crippen molar-refractivity contribution in [3.8, 4) is 0 Å². The van der Waals surface area contributed by atoms with Crippen LogP contribution in [0, 0.1) is 5.41 Å². The molecule has 1 atom stereocenters. The van der Waals surface area contributed by atoms with Crippen LogP contribution in [-0.4, -0.2) is 11.9 Å². The first-order chi connectivity index (χ1) is 8.12. The number of benzene rings is 1. The van der Waals surface area contributed by atoms with Gasteiger partial charge in [-0.2, -0.15) is 0 Å². The Hall–Kier alpha value is -0.480. The van der Waals surface area contributed by atoms with Crippen molar-refractivity contribution < 1.29 is 4.79 Å². The third kappa shape index (κ3) is 3.75. The molecule has 0 unspecified atom stereocenters. The number of amides is 1. The second-order valence-corrected chi connectivity index (χ2v) is 6.33. The summed E-state index contributed by atoms with van der Waals surface area (Å²) in [5.74, 6) is -0.339. The number of nitrogens with one attached hydrogen (secondary N) is 1. The smallest absolute Gasteiger partial charge is 0.241 e. The molecule has 0 saturated heterocycles. The maximum absolute atomic E-state index is 12.0. The van der Waals surface area contributed by atoms with Gasteiger partial charge in [-0.05, 0) is 17.5 Å². The number of carbonyl (C=O) groups excluding carboxylic acids is 1. The summed E-state index contributed by atoms with van der Waals surface area (Å²) in [5.41, 5.74) is 5.82. The lowest BCUT2D eigenvalue weighted by atomic mass is 9.87. The molecule has 0 bridgehead atoms. The molecule has 3 nitrogen and oxygen atoms in total. The zero-order valence-electron chi connectivity index (χ0n) is 10.4. The highest BCUT2D eigenvalue weighted by Gasteiger charge is 2.28. The first kappa shape index (κ1) is 15.6. The lowest BCUT2D eigenvalue weighted by molar-refractivity contribution is -0.119. The van der Waals surface area contributed by atoms with Gasteiger partial charge >= 0.3 is 0 Å². The van der Waals surface area contributed by atoms with Crippen molar-refractivity contribution in [2.45, 2.75) is 26.8 Å². The van der Waals surface area contributed by atoms with Crippen LogP contribution in [0.2, 0.25) is 15.1 Å². The molecule has 18 heavy (non-hydrogen) atoms. The summed E-state index contributed by atoms with van der Waals surface area (Å²) in [7, 11) is 0. The molecule has 0 aliphatic rings. The van der Waals surface area contributed by atoms with E-state index < -0.39 is 6.04 Å². The Morgan fingerprint density at radius 1 is 1.22 bits per heavy atom. The zero-order valence-corrected chi connectivity index (χ0v) is 12.6. The fourth-order valence-electron chi connectivity index (χ4n) is 1.26. The van der Waals surface area contributed by atoms with Crippen LogP contribution in [-0.2, 0) is 4.79 Å². The van der Waals surface area contributed by atoms with Gasteiger partial charge in [0.25, 0.3) is 0 Å². The number of hydrogen-bond donors (Lipinski definition) is 2. The maximum Gasteiger partial charge on any atom is 0.241 e.